The maximum Gasteiger partial charge on any atom is 0.291 e. The second kappa shape index (κ2) is 8.71. The Morgan fingerprint density at radius 1 is 1.04 bits per heavy atom. The number of rotatable bonds is 7. The van der Waals surface area contributed by atoms with Gasteiger partial charge in [-0.15, -0.1) is 0 Å². The molecule has 0 fully saturated rings. The smallest absolute Gasteiger partial charge is 0.291 e. The number of carbonyl (C=O) groups is 2. The highest BCUT2D eigenvalue weighted by molar-refractivity contribution is 6.02. The molecule has 27 heavy (non-hydrogen) atoms. The normalized spacial score (nSPS) is 10.3. The summed E-state index contributed by atoms with van der Waals surface area (Å²) in [6.07, 6.45) is 1.43. The van der Waals surface area contributed by atoms with Gasteiger partial charge in [-0.1, -0.05) is 35.9 Å². The quantitative estimate of drug-likeness (QED) is 0.672. The van der Waals surface area contributed by atoms with Crippen molar-refractivity contribution in [2.75, 3.05) is 11.9 Å². The standard InChI is InChI=1S/C21H20N2O4/c1-15-7-9-16(10-8-15)13-22-20(24)14-27-18-5-2-4-17(12-18)23-21(25)19-6-3-11-26-19/h2-12H,13-14H2,1H3,(H,22,24)(H,23,25). The first kappa shape index (κ1) is 18.3. The van der Waals surface area contributed by atoms with Crippen molar-refractivity contribution < 1.29 is 18.7 Å². The van der Waals surface area contributed by atoms with Crippen LogP contribution in [-0.4, -0.2) is 18.4 Å². The van der Waals surface area contributed by atoms with Crippen LogP contribution < -0.4 is 15.4 Å². The molecule has 2 N–H and O–H groups in total. The van der Waals surface area contributed by atoms with Crippen LogP contribution >= 0.6 is 0 Å². The summed E-state index contributed by atoms with van der Waals surface area (Å²) in [7, 11) is 0. The molecule has 2 aromatic carbocycles. The van der Waals surface area contributed by atoms with Gasteiger partial charge < -0.3 is 19.8 Å². The highest BCUT2D eigenvalue weighted by atomic mass is 16.5. The zero-order chi connectivity index (χ0) is 19.1. The number of furan rings is 1. The predicted molar refractivity (Wildman–Crippen MR) is 102 cm³/mol. The van der Waals surface area contributed by atoms with Gasteiger partial charge in [-0.25, -0.2) is 0 Å². The molecule has 1 aromatic heterocycles. The van der Waals surface area contributed by atoms with Crippen molar-refractivity contribution in [1.82, 2.24) is 5.32 Å². The van der Waals surface area contributed by atoms with Crippen molar-refractivity contribution in [2.45, 2.75) is 13.5 Å². The Balaban J connectivity index is 1.48. The van der Waals surface area contributed by atoms with Gasteiger partial charge in [-0.3, -0.25) is 9.59 Å². The molecule has 0 spiro atoms. The number of hydrogen-bond acceptors (Lipinski definition) is 4. The zero-order valence-electron chi connectivity index (χ0n) is 14.9. The molecule has 0 bridgehead atoms. The zero-order valence-corrected chi connectivity index (χ0v) is 14.9. The summed E-state index contributed by atoms with van der Waals surface area (Å²) in [6.45, 7) is 2.35. The monoisotopic (exact) mass is 364 g/mol. The third-order valence-electron chi connectivity index (χ3n) is 3.82. The molecule has 0 atom stereocenters. The molecule has 0 saturated carbocycles. The van der Waals surface area contributed by atoms with Gasteiger partial charge >= 0.3 is 0 Å². The number of aryl methyl sites for hydroxylation is 1. The maximum atomic E-state index is 12.0. The predicted octanol–water partition coefficient (Wildman–Crippen LogP) is 3.54. The molecule has 0 unspecified atom stereocenters. The molecule has 0 saturated heterocycles. The van der Waals surface area contributed by atoms with Crippen LogP contribution in [0.3, 0.4) is 0 Å². The van der Waals surface area contributed by atoms with E-state index in [1.165, 1.54) is 11.8 Å². The van der Waals surface area contributed by atoms with Crippen LogP contribution in [0.15, 0.2) is 71.3 Å². The van der Waals surface area contributed by atoms with Gasteiger partial charge in [0.1, 0.15) is 5.75 Å². The van der Waals surface area contributed by atoms with E-state index in [2.05, 4.69) is 10.6 Å². The van der Waals surface area contributed by atoms with Crippen molar-refractivity contribution in [3.8, 4) is 5.75 Å². The first-order valence-electron chi connectivity index (χ1n) is 8.50. The van der Waals surface area contributed by atoms with Crippen LogP contribution in [0.25, 0.3) is 0 Å². The van der Waals surface area contributed by atoms with Crippen LogP contribution in [-0.2, 0) is 11.3 Å². The molecule has 6 heteroatoms. The van der Waals surface area contributed by atoms with Gasteiger partial charge in [-0.2, -0.15) is 0 Å². The summed E-state index contributed by atoms with van der Waals surface area (Å²) < 4.78 is 10.6. The average molecular weight is 364 g/mol. The maximum absolute atomic E-state index is 12.0. The van der Waals surface area contributed by atoms with Gasteiger partial charge in [0.15, 0.2) is 12.4 Å². The largest absolute Gasteiger partial charge is 0.484 e. The lowest BCUT2D eigenvalue weighted by Gasteiger charge is -2.09. The molecule has 0 aliphatic rings. The van der Waals surface area contributed by atoms with Crippen LogP contribution in [0.2, 0.25) is 0 Å². The summed E-state index contributed by atoms with van der Waals surface area (Å²) in [5.41, 5.74) is 2.75. The molecular weight excluding hydrogens is 344 g/mol. The van der Waals surface area contributed by atoms with Crippen LogP contribution in [0, 0.1) is 6.92 Å². The van der Waals surface area contributed by atoms with E-state index < -0.39 is 0 Å². The van der Waals surface area contributed by atoms with E-state index >= 15 is 0 Å². The van der Waals surface area contributed by atoms with Crippen molar-refractivity contribution in [2.24, 2.45) is 0 Å². The van der Waals surface area contributed by atoms with E-state index in [1.54, 1.807) is 36.4 Å². The van der Waals surface area contributed by atoms with Gasteiger partial charge in [0.2, 0.25) is 0 Å². The number of anilines is 1. The third-order valence-corrected chi connectivity index (χ3v) is 3.82. The second-order valence-electron chi connectivity index (χ2n) is 6.01. The van der Waals surface area contributed by atoms with Crippen LogP contribution in [0.5, 0.6) is 5.75 Å². The molecule has 2 amide bonds. The van der Waals surface area contributed by atoms with Crippen molar-refractivity contribution >= 4 is 17.5 Å². The summed E-state index contributed by atoms with van der Waals surface area (Å²) in [4.78, 5) is 23.9. The minimum Gasteiger partial charge on any atom is -0.484 e. The number of ether oxygens (including phenoxy) is 1. The van der Waals surface area contributed by atoms with Crippen molar-refractivity contribution in [3.05, 3.63) is 83.8 Å². The van der Waals surface area contributed by atoms with E-state index in [1.807, 2.05) is 31.2 Å². The summed E-state index contributed by atoms with van der Waals surface area (Å²) in [6, 6.07) is 18.0. The Morgan fingerprint density at radius 3 is 2.59 bits per heavy atom. The highest BCUT2D eigenvalue weighted by Crippen LogP contribution is 2.18. The van der Waals surface area contributed by atoms with Gasteiger partial charge in [-0.05, 0) is 36.8 Å². The second-order valence-corrected chi connectivity index (χ2v) is 6.01. The Morgan fingerprint density at radius 2 is 1.85 bits per heavy atom. The molecule has 0 radical (unpaired) electrons. The lowest BCUT2D eigenvalue weighted by Crippen LogP contribution is -2.28. The lowest BCUT2D eigenvalue weighted by atomic mass is 10.1. The molecule has 3 aromatic rings. The Labute approximate surface area is 157 Å². The van der Waals surface area contributed by atoms with Gasteiger partial charge in [0.25, 0.3) is 11.8 Å². The van der Waals surface area contributed by atoms with Gasteiger partial charge in [0, 0.05) is 18.3 Å². The Bertz CT molecular complexity index is 902. The van der Waals surface area contributed by atoms with Crippen LogP contribution in [0.4, 0.5) is 5.69 Å². The summed E-state index contributed by atoms with van der Waals surface area (Å²) in [5.74, 6) is 0.128. The summed E-state index contributed by atoms with van der Waals surface area (Å²) >= 11 is 0. The molecular formula is C21H20N2O4. The van der Waals surface area contributed by atoms with E-state index in [9.17, 15) is 9.59 Å². The molecule has 6 nitrogen and oxygen atoms in total. The van der Waals surface area contributed by atoms with E-state index in [0.717, 1.165) is 5.56 Å². The Kier molecular flexibility index (Phi) is 5.89. The minimum atomic E-state index is -0.354. The van der Waals surface area contributed by atoms with Crippen molar-refractivity contribution in [3.63, 3.8) is 0 Å². The SMILES string of the molecule is Cc1ccc(CNC(=O)COc2cccc(NC(=O)c3ccco3)c2)cc1. The average Bonchev–Trinajstić information content (AvgIpc) is 3.21. The number of hydrogen-bond donors (Lipinski definition) is 2. The van der Waals surface area contributed by atoms with Crippen molar-refractivity contribution in [1.29, 1.82) is 0 Å². The molecule has 3 rings (SSSR count). The number of benzene rings is 2. The fourth-order valence-electron chi connectivity index (χ4n) is 2.37. The molecule has 0 aliphatic carbocycles. The number of nitrogens with one attached hydrogen (secondary N) is 2. The Hall–Kier alpha value is -3.54. The molecule has 138 valence electrons. The third kappa shape index (κ3) is 5.47. The highest BCUT2D eigenvalue weighted by Gasteiger charge is 2.09. The van der Waals surface area contributed by atoms with Gasteiger partial charge in [0.05, 0.1) is 6.26 Å². The fraction of sp³-hybridized carbons (Fsp3) is 0.143. The van der Waals surface area contributed by atoms with E-state index in [0.29, 0.717) is 18.0 Å². The first-order valence-corrected chi connectivity index (χ1v) is 8.50. The van der Waals surface area contributed by atoms with E-state index in [4.69, 9.17) is 9.15 Å². The van der Waals surface area contributed by atoms with E-state index in [-0.39, 0.29) is 24.2 Å². The summed E-state index contributed by atoms with van der Waals surface area (Å²) in [5, 5.41) is 5.52. The van der Waals surface area contributed by atoms with Crippen LogP contribution in [0.1, 0.15) is 21.7 Å². The fourth-order valence-corrected chi connectivity index (χ4v) is 2.37. The molecule has 0 aliphatic heterocycles. The number of amides is 2. The minimum absolute atomic E-state index is 0.110. The molecule has 1 heterocycles. The topological polar surface area (TPSA) is 80.6 Å². The first-order chi connectivity index (χ1) is 13.1. The number of carbonyl (C=O) groups excluding carboxylic acids is 2. The lowest BCUT2D eigenvalue weighted by molar-refractivity contribution is -0.123.